The van der Waals surface area contributed by atoms with E-state index in [0.29, 0.717) is 23.2 Å². The molecule has 0 unspecified atom stereocenters. The third-order valence-corrected chi connectivity index (χ3v) is 8.34. The van der Waals surface area contributed by atoms with E-state index in [1.165, 1.54) is 4.70 Å². The summed E-state index contributed by atoms with van der Waals surface area (Å²) in [6, 6.07) is 36.1. The van der Waals surface area contributed by atoms with Gasteiger partial charge in [0.2, 0.25) is 0 Å². The quantitative estimate of drug-likeness (QED) is 0.206. The Morgan fingerprint density at radius 1 is 0.465 bits per heavy atom. The predicted octanol–water partition coefficient (Wildman–Crippen LogP) is 8.15. The molecular weight excluding hydrogens is 551 g/mol. The lowest BCUT2D eigenvalue weighted by Gasteiger charge is -2.09. The summed E-state index contributed by atoms with van der Waals surface area (Å²) in [7, 11) is 0. The number of hydrogen-bond acceptors (Lipinski definition) is 8. The maximum absolute atomic E-state index is 4.87. The minimum atomic E-state index is 0.565. The molecule has 5 aromatic heterocycles. The van der Waals surface area contributed by atoms with E-state index in [4.69, 9.17) is 15.0 Å². The fraction of sp³-hybridized carbons (Fsp3) is 0. The Bertz CT molecular complexity index is 2190. The van der Waals surface area contributed by atoms with Crippen LogP contribution in [0.25, 0.3) is 77.1 Å². The first kappa shape index (κ1) is 25.0. The topological polar surface area (TPSA) is 90.2 Å². The minimum Gasteiger partial charge on any atom is -0.255 e. The number of aromatic nitrogens is 7. The normalized spacial score (nSPS) is 11.3. The lowest BCUT2D eigenvalue weighted by Crippen LogP contribution is -2.00. The number of pyridine rings is 2. The molecular formula is C35H21N7S. The van der Waals surface area contributed by atoms with E-state index in [1.807, 2.05) is 97.1 Å². The van der Waals surface area contributed by atoms with Crippen LogP contribution in [0, 0.1) is 0 Å². The Labute approximate surface area is 250 Å². The summed E-state index contributed by atoms with van der Waals surface area (Å²) < 4.78 is 2.24. The first-order valence-corrected chi connectivity index (χ1v) is 14.5. The van der Waals surface area contributed by atoms with Gasteiger partial charge in [-0.2, -0.15) is 0 Å². The van der Waals surface area contributed by atoms with Gasteiger partial charge in [-0.25, -0.2) is 24.9 Å². The van der Waals surface area contributed by atoms with Crippen LogP contribution in [0.15, 0.2) is 128 Å². The van der Waals surface area contributed by atoms with Gasteiger partial charge in [0.1, 0.15) is 6.33 Å². The second kappa shape index (κ2) is 10.6. The standard InChI is InChI=1S/C35H21N7S/c1-3-9-22(10-4-1)33-40-34(23-11-5-2-6-12-23)42-35(41-33)25-16-18-37-28(20-25)27-19-24(15-17-36-27)30-32-31(39-21-38-30)26-13-7-8-14-29(26)43-32/h1-21H. The zero-order valence-electron chi connectivity index (χ0n) is 22.7. The average molecular weight is 572 g/mol. The van der Waals surface area contributed by atoms with Gasteiger partial charge < -0.3 is 0 Å². The highest BCUT2D eigenvalue weighted by Gasteiger charge is 2.16. The van der Waals surface area contributed by atoms with Gasteiger partial charge in [-0.1, -0.05) is 78.9 Å². The first-order chi connectivity index (χ1) is 21.3. The molecule has 0 atom stereocenters. The van der Waals surface area contributed by atoms with Crippen LogP contribution in [0.5, 0.6) is 0 Å². The minimum absolute atomic E-state index is 0.565. The summed E-state index contributed by atoms with van der Waals surface area (Å²) in [5.41, 5.74) is 6.90. The highest BCUT2D eigenvalue weighted by molar-refractivity contribution is 7.26. The number of nitrogens with zero attached hydrogens (tertiary/aromatic N) is 7. The van der Waals surface area contributed by atoms with Crippen molar-refractivity contribution in [3.8, 4) is 56.8 Å². The summed E-state index contributed by atoms with van der Waals surface area (Å²) in [6.45, 7) is 0. The second-order valence-corrected chi connectivity index (χ2v) is 10.9. The molecule has 0 aliphatic rings. The van der Waals surface area contributed by atoms with Crippen molar-refractivity contribution in [2.75, 3.05) is 0 Å². The van der Waals surface area contributed by atoms with Gasteiger partial charge in [0.05, 0.1) is 27.3 Å². The SMILES string of the molecule is c1ccc(-c2nc(-c3ccccc3)nc(-c3ccnc(-c4cc(-c5ncnc6c5sc5ccccc56)ccn4)c3)n2)cc1. The third kappa shape index (κ3) is 4.69. The Morgan fingerprint density at radius 2 is 1.02 bits per heavy atom. The Balaban J connectivity index is 1.22. The van der Waals surface area contributed by atoms with Crippen LogP contribution in [0.4, 0.5) is 0 Å². The van der Waals surface area contributed by atoms with Crippen molar-refractivity contribution in [3.63, 3.8) is 0 Å². The van der Waals surface area contributed by atoms with Crippen LogP contribution in [0.1, 0.15) is 0 Å². The van der Waals surface area contributed by atoms with Crippen LogP contribution in [0.3, 0.4) is 0 Å². The first-order valence-electron chi connectivity index (χ1n) is 13.7. The van der Waals surface area contributed by atoms with Gasteiger partial charge in [-0.3, -0.25) is 9.97 Å². The molecule has 0 amide bonds. The zero-order chi connectivity index (χ0) is 28.6. The molecule has 8 heteroatoms. The van der Waals surface area contributed by atoms with E-state index in [0.717, 1.165) is 49.2 Å². The predicted molar refractivity (Wildman–Crippen MR) is 171 cm³/mol. The molecule has 8 aromatic rings. The van der Waals surface area contributed by atoms with Crippen molar-refractivity contribution in [1.29, 1.82) is 0 Å². The molecule has 43 heavy (non-hydrogen) atoms. The van der Waals surface area contributed by atoms with Gasteiger partial charge >= 0.3 is 0 Å². The van der Waals surface area contributed by atoms with E-state index < -0.39 is 0 Å². The molecule has 0 saturated carbocycles. The number of rotatable bonds is 5. The summed E-state index contributed by atoms with van der Waals surface area (Å²) in [5.74, 6) is 1.79. The van der Waals surface area contributed by atoms with Gasteiger partial charge in [0.25, 0.3) is 0 Å². The van der Waals surface area contributed by atoms with E-state index in [2.05, 4.69) is 32.1 Å². The zero-order valence-corrected chi connectivity index (χ0v) is 23.5. The molecule has 0 fully saturated rings. The summed E-state index contributed by atoms with van der Waals surface area (Å²) in [5, 5.41) is 1.14. The highest BCUT2D eigenvalue weighted by Crippen LogP contribution is 2.38. The maximum Gasteiger partial charge on any atom is 0.164 e. The monoisotopic (exact) mass is 571 g/mol. The van der Waals surface area contributed by atoms with Crippen molar-refractivity contribution in [2.45, 2.75) is 0 Å². The van der Waals surface area contributed by atoms with Gasteiger partial charge in [-0.05, 0) is 30.3 Å². The van der Waals surface area contributed by atoms with E-state index in [1.54, 1.807) is 30.1 Å². The Hall–Kier alpha value is -5.73. The maximum atomic E-state index is 4.87. The Kier molecular flexibility index (Phi) is 6.16. The molecule has 0 radical (unpaired) electrons. The number of hydrogen-bond donors (Lipinski definition) is 0. The van der Waals surface area contributed by atoms with Crippen molar-refractivity contribution < 1.29 is 0 Å². The molecule has 0 N–H and O–H groups in total. The molecule has 7 nitrogen and oxygen atoms in total. The van der Waals surface area contributed by atoms with Crippen LogP contribution < -0.4 is 0 Å². The van der Waals surface area contributed by atoms with Crippen LogP contribution in [-0.4, -0.2) is 34.9 Å². The van der Waals surface area contributed by atoms with Crippen LogP contribution >= 0.6 is 11.3 Å². The molecule has 0 saturated heterocycles. The highest BCUT2D eigenvalue weighted by atomic mass is 32.1. The van der Waals surface area contributed by atoms with Crippen LogP contribution in [-0.2, 0) is 0 Å². The van der Waals surface area contributed by atoms with Gasteiger partial charge in [0, 0.05) is 44.7 Å². The Morgan fingerprint density at radius 3 is 1.70 bits per heavy atom. The smallest absolute Gasteiger partial charge is 0.164 e. The average Bonchev–Trinajstić information content (AvgIpc) is 3.48. The lowest BCUT2D eigenvalue weighted by atomic mass is 10.1. The largest absolute Gasteiger partial charge is 0.255 e. The van der Waals surface area contributed by atoms with Crippen molar-refractivity contribution in [1.82, 2.24) is 34.9 Å². The molecule has 0 aliphatic heterocycles. The van der Waals surface area contributed by atoms with Gasteiger partial charge in [-0.15, -0.1) is 11.3 Å². The molecule has 0 spiro atoms. The molecule has 3 aromatic carbocycles. The van der Waals surface area contributed by atoms with Crippen LogP contribution in [0.2, 0.25) is 0 Å². The second-order valence-electron chi connectivity index (χ2n) is 9.90. The fourth-order valence-electron chi connectivity index (χ4n) is 5.09. The molecule has 0 aliphatic carbocycles. The fourth-order valence-corrected chi connectivity index (χ4v) is 6.26. The van der Waals surface area contributed by atoms with Gasteiger partial charge in [0.15, 0.2) is 17.5 Å². The number of fused-ring (bicyclic) bond motifs is 3. The van der Waals surface area contributed by atoms with E-state index in [9.17, 15) is 0 Å². The van der Waals surface area contributed by atoms with E-state index >= 15 is 0 Å². The summed E-state index contributed by atoms with van der Waals surface area (Å²) in [4.78, 5) is 33.1. The summed E-state index contributed by atoms with van der Waals surface area (Å²) in [6.07, 6.45) is 5.19. The molecule has 8 rings (SSSR count). The molecule has 0 bridgehead atoms. The summed E-state index contributed by atoms with van der Waals surface area (Å²) >= 11 is 1.70. The molecule has 202 valence electrons. The lowest BCUT2D eigenvalue weighted by molar-refractivity contribution is 1.07. The number of benzene rings is 3. The third-order valence-electron chi connectivity index (χ3n) is 7.17. The van der Waals surface area contributed by atoms with Crippen molar-refractivity contribution in [2.24, 2.45) is 0 Å². The van der Waals surface area contributed by atoms with Crippen molar-refractivity contribution >= 4 is 31.6 Å². The van der Waals surface area contributed by atoms with E-state index in [-0.39, 0.29) is 0 Å². The van der Waals surface area contributed by atoms with Crippen molar-refractivity contribution in [3.05, 3.63) is 128 Å². The molecule has 5 heterocycles. The number of thiophene rings is 1.